The van der Waals surface area contributed by atoms with Crippen LogP contribution in [0.2, 0.25) is 0 Å². The highest BCUT2D eigenvalue weighted by molar-refractivity contribution is 5.96. The summed E-state index contributed by atoms with van der Waals surface area (Å²) >= 11 is 0. The highest BCUT2D eigenvalue weighted by Gasteiger charge is 2.14. The SMILES string of the molecule is C=CN(C)/C(=C/CC)CC(C)/N=C(\NC)Nc1cc(N)c(N(C)CCN(C)C)cc1OC. The van der Waals surface area contributed by atoms with Gasteiger partial charge >= 0.3 is 0 Å². The second-order valence-electron chi connectivity index (χ2n) is 8.14. The van der Waals surface area contributed by atoms with Gasteiger partial charge < -0.3 is 35.8 Å². The Morgan fingerprint density at radius 3 is 2.47 bits per heavy atom. The van der Waals surface area contributed by atoms with Gasteiger partial charge in [-0.15, -0.1) is 0 Å². The Morgan fingerprint density at radius 1 is 1.25 bits per heavy atom. The number of benzene rings is 1. The Hall–Kier alpha value is -2.87. The highest BCUT2D eigenvalue weighted by Crippen LogP contribution is 2.35. The van der Waals surface area contributed by atoms with Gasteiger partial charge in [-0.1, -0.05) is 19.6 Å². The molecular formula is C24H43N7O. The zero-order chi connectivity index (χ0) is 24.3. The molecule has 0 fully saturated rings. The Bertz CT molecular complexity index is 789. The van der Waals surface area contributed by atoms with Gasteiger partial charge in [-0.3, -0.25) is 0 Å². The van der Waals surface area contributed by atoms with Crippen LogP contribution in [0.15, 0.2) is 41.7 Å². The number of nitrogens with zero attached hydrogens (tertiary/aromatic N) is 4. The molecule has 0 spiro atoms. The average Bonchev–Trinajstić information content (AvgIpc) is 2.76. The maximum absolute atomic E-state index is 6.39. The minimum Gasteiger partial charge on any atom is -0.494 e. The Labute approximate surface area is 194 Å². The zero-order valence-electron chi connectivity index (χ0n) is 21.2. The third-order valence-electron chi connectivity index (χ3n) is 5.15. The fourth-order valence-corrected chi connectivity index (χ4v) is 3.23. The molecule has 4 N–H and O–H groups in total. The topological polar surface area (TPSA) is 81.4 Å². The van der Waals surface area contributed by atoms with E-state index in [-0.39, 0.29) is 6.04 Å². The van der Waals surface area contributed by atoms with Crippen molar-refractivity contribution in [2.75, 3.05) is 71.4 Å². The van der Waals surface area contributed by atoms with Crippen molar-refractivity contribution < 1.29 is 4.74 Å². The summed E-state index contributed by atoms with van der Waals surface area (Å²) in [4.78, 5) is 11.1. The number of methoxy groups -OCH3 is 1. The predicted molar refractivity (Wildman–Crippen MR) is 140 cm³/mol. The first-order valence-electron chi connectivity index (χ1n) is 11.1. The number of anilines is 3. The van der Waals surface area contributed by atoms with Crippen LogP contribution in [0.25, 0.3) is 0 Å². The van der Waals surface area contributed by atoms with Gasteiger partial charge in [-0.05, 0) is 39.7 Å². The van der Waals surface area contributed by atoms with E-state index in [2.05, 4.69) is 61.0 Å². The highest BCUT2D eigenvalue weighted by atomic mass is 16.5. The third-order valence-corrected chi connectivity index (χ3v) is 5.15. The molecule has 1 rings (SSSR count). The van der Waals surface area contributed by atoms with Crippen LogP contribution in [-0.2, 0) is 0 Å². The Balaban J connectivity index is 3.07. The second kappa shape index (κ2) is 13.5. The molecule has 180 valence electrons. The summed E-state index contributed by atoms with van der Waals surface area (Å²) in [5.41, 5.74) is 9.96. The Kier molecular flexibility index (Phi) is 11.5. The summed E-state index contributed by atoms with van der Waals surface area (Å²) in [7, 11) is 11.7. The zero-order valence-corrected chi connectivity index (χ0v) is 21.2. The fraction of sp³-hybridized carbons (Fsp3) is 0.542. The lowest BCUT2D eigenvalue weighted by Crippen LogP contribution is -2.30. The normalized spacial score (nSPS) is 13.0. The van der Waals surface area contributed by atoms with Crippen molar-refractivity contribution in [3.63, 3.8) is 0 Å². The molecule has 0 aliphatic rings. The lowest BCUT2D eigenvalue weighted by atomic mass is 10.1. The average molecular weight is 446 g/mol. The van der Waals surface area contributed by atoms with Gasteiger partial charge in [-0.25, -0.2) is 4.99 Å². The molecule has 32 heavy (non-hydrogen) atoms. The van der Waals surface area contributed by atoms with Gasteiger partial charge in [0.05, 0.1) is 30.2 Å². The number of allylic oxidation sites excluding steroid dienone is 1. The number of guanidine groups is 1. The van der Waals surface area contributed by atoms with Crippen LogP contribution in [-0.4, -0.2) is 77.2 Å². The molecule has 1 atom stereocenters. The smallest absolute Gasteiger partial charge is 0.195 e. The van der Waals surface area contributed by atoms with Gasteiger partial charge in [-0.2, -0.15) is 0 Å². The summed E-state index contributed by atoms with van der Waals surface area (Å²) in [5.74, 6) is 1.36. The number of likely N-dealkylation sites (N-methyl/N-ethyl adjacent to an activating group) is 2. The quantitative estimate of drug-likeness (QED) is 0.258. The van der Waals surface area contributed by atoms with Crippen LogP contribution in [0.4, 0.5) is 17.1 Å². The molecule has 0 bridgehead atoms. The molecule has 0 saturated carbocycles. The van der Waals surface area contributed by atoms with E-state index in [1.807, 2.05) is 44.4 Å². The van der Waals surface area contributed by atoms with Gasteiger partial charge in [0, 0.05) is 52.4 Å². The number of hydrogen-bond acceptors (Lipinski definition) is 6. The van der Waals surface area contributed by atoms with Gasteiger partial charge in [0.15, 0.2) is 5.96 Å². The molecule has 8 nitrogen and oxygen atoms in total. The molecule has 1 unspecified atom stereocenters. The minimum atomic E-state index is 0.0601. The lowest BCUT2D eigenvalue weighted by Gasteiger charge is -2.25. The molecule has 0 aliphatic carbocycles. The largest absolute Gasteiger partial charge is 0.494 e. The van der Waals surface area contributed by atoms with E-state index in [1.54, 1.807) is 7.11 Å². The lowest BCUT2D eigenvalue weighted by molar-refractivity contribution is 0.413. The molecular weight excluding hydrogens is 402 g/mol. The third kappa shape index (κ3) is 8.34. The van der Waals surface area contributed by atoms with E-state index in [0.717, 1.165) is 37.3 Å². The van der Waals surface area contributed by atoms with E-state index in [4.69, 9.17) is 15.5 Å². The summed E-state index contributed by atoms with van der Waals surface area (Å²) < 4.78 is 5.64. The minimum absolute atomic E-state index is 0.0601. The van der Waals surface area contributed by atoms with Crippen LogP contribution in [0.3, 0.4) is 0 Å². The van der Waals surface area contributed by atoms with E-state index in [1.165, 1.54) is 5.70 Å². The van der Waals surface area contributed by atoms with E-state index in [0.29, 0.717) is 17.4 Å². The summed E-state index contributed by atoms with van der Waals surface area (Å²) in [6.07, 6.45) is 5.79. The number of rotatable bonds is 12. The van der Waals surface area contributed by atoms with Crippen LogP contribution in [0.5, 0.6) is 5.75 Å². The first-order valence-corrected chi connectivity index (χ1v) is 11.1. The molecule has 1 aromatic rings. The monoisotopic (exact) mass is 445 g/mol. The fourth-order valence-electron chi connectivity index (χ4n) is 3.23. The summed E-state index contributed by atoms with van der Waals surface area (Å²) in [6, 6.07) is 3.92. The number of nitrogen functional groups attached to an aromatic ring is 1. The van der Waals surface area contributed by atoms with Gasteiger partial charge in [0.2, 0.25) is 0 Å². The molecule has 0 heterocycles. The number of ether oxygens (including phenoxy) is 1. The number of aliphatic imine (C=N–C) groups is 1. The van der Waals surface area contributed by atoms with Crippen molar-refractivity contribution >= 4 is 23.0 Å². The summed E-state index contributed by atoms with van der Waals surface area (Å²) in [6.45, 7) is 9.88. The van der Waals surface area contributed by atoms with E-state index in [9.17, 15) is 0 Å². The first-order chi connectivity index (χ1) is 15.2. The van der Waals surface area contributed by atoms with Gasteiger partial charge in [0.25, 0.3) is 0 Å². The Morgan fingerprint density at radius 2 is 1.94 bits per heavy atom. The van der Waals surface area contributed by atoms with Crippen molar-refractivity contribution in [3.8, 4) is 5.75 Å². The molecule has 0 aliphatic heterocycles. The maximum atomic E-state index is 6.39. The standard InChI is InChI=1S/C24H43N7O/c1-10-12-19(30(7)11-2)15-18(3)27-24(26-4)28-21-16-20(25)22(17-23(21)32-9)31(8)14-13-29(5)6/h11-12,16-18H,2,10,13-15,25H2,1,3-9H3,(H2,26,27,28)/b19-12+. The second-order valence-corrected chi connectivity index (χ2v) is 8.14. The van der Waals surface area contributed by atoms with Crippen LogP contribution in [0.1, 0.15) is 26.7 Å². The molecule has 0 radical (unpaired) electrons. The molecule has 1 aromatic carbocycles. The first kappa shape index (κ1) is 27.2. The van der Waals surface area contributed by atoms with E-state index >= 15 is 0 Å². The van der Waals surface area contributed by atoms with Crippen LogP contribution < -0.4 is 26.0 Å². The van der Waals surface area contributed by atoms with E-state index < -0.39 is 0 Å². The molecule has 0 saturated heterocycles. The van der Waals surface area contributed by atoms with Crippen LogP contribution in [0, 0.1) is 0 Å². The molecule has 0 amide bonds. The molecule has 8 heteroatoms. The van der Waals surface area contributed by atoms with Crippen molar-refractivity contribution in [3.05, 3.63) is 36.7 Å². The summed E-state index contributed by atoms with van der Waals surface area (Å²) in [5, 5.41) is 6.48. The predicted octanol–water partition coefficient (Wildman–Crippen LogP) is 3.41. The number of hydrogen-bond donors (Lipinski definition) is 3. The van der Waals surface area contributed by atoms with Crippen molar-refractivity contribution in [1.29, 1.82) is 0 Å². The number of nitrogens with one attached hydrogen (secondary N) is 2. The van der Waals surface area contributed by atoms with Gasteiger partial charge in [0.1, 0.15) is 5.75 Å². The molecule has 0 aromatic heterocycles. The van der Waals surface area contributed by atoms with Crippen molar-refractivity contribution in [2.45, 2.75) is 32.7 Å². The van der Waals surface area contributed by atoms with Crippen molar-refractivity contribution in [1.82, 2.24) is 15.1 Å². The van der Waals surface area contributed by atoms with Crippen LogP contribution >= 0.6 is 0 Å². The van der Waals surface area contributed by atoms with Crippen molar-refractivity contribution in [2.24, 2.45) is 4.99 Å². The maximum Gasteiger partial charge on any atom is 0.195 e. The number of nitrogens with two attached hydrogens (primary N) is 1.